The van der Waals surface area contributed by atoms with E-state index in [0.717, 1.165) is 29.6 Å². The minimum atomic E-state index is -2.00. The first-order valence-corrected chi connectivity index (χ1v) is 13.6. The summed E-state index contributed by atoms with van der Waals surface area (Å²) in [6, 6.07) is 8.72. The number of ether oxygens (including phenoxy) is 1. The Bertz CT molecular complexity index is 1250. The van der Waals surface area contributed by atoms with Crippen molar-refractivity contribution >= 4 is 17.3 Å². The highest BCUT2D eigenvalue weighted by molar-refractivity contribution is 6.30. The second-order valence-electron chi connectivity index (χ2n) is 12.5. The normalized spacial score (nSPS) is 35.1. The van der Waals surface area contributed by atoms with E-state index >= 15 is 0 Å². The van der Waals surface area contributed by atoms with Gasteiger partial charge in [-0.2, -0.15) is 0 Å². The van der Waals surface area contributed by atoms with Gasteiger partial charge < -0.3 is 14.9 Å². The number of carbonyl (C=O) groups excluding carboxylic acids is 2. The average molecular weight is 519 g/mol. The van der Waals surface area contributed by atoms with Crippen LogP contribution in [0.25, 0.3) is 5.76 Å². The fraction of sp³-hybridized carbons (Fsp3) is 0.515. The number of aliphatic hydroxyl groups is 2. The first-order chi connectivity index (χ1) is 17.7. The summed E-state index contributed by atoms with van der Waals surface area (Å²) in [5, 5.41) is 24.1. The van der Waals surface area contributed by atoms with Crippen molar-refractivity contribution in [1.82, 2.24) is 0 Å². The molecule has 0 radical (unpaired) electrons. The number of aliphatic hydroxyl groups excluding tert-OH is 1. The summed E-state index contributed by atoms with van der Waals surface area (Å²) >= 11 is 0. The molecule has 3 aliphatic rings. The molecule has 3 fully saturated rings. The average Bonchev–Trinajstić information content (AvgIpc) is 3.08. The summed E-state index contributed by atoms with van der Waals surface area (Å²) in [4.78, 5) is 29.2. The summed E-state index contributed by atoms with van der Waals surface area (Å²) in [7, 11) is 0. The van der Waals surface area contributed by atoms with Crippen LogP contribution in [0, 0.1) is 16.7 Å². The molecular weight excluding hydrogens is 476 g/mol. The number of Topliss-reactive ketones (excluding diaryl/α,β-unsaturated/α-hetero) is 2. The molecule has 1 aromatic carbocycles. The minimum Gasteiger partial charge on any atom is -0.506 e. The first kappa shape index (κ1) is 28.3. The maximum atomic E-state index is 14.6. The maximum Gasteiger partial charge on any atom is 0.193 e. The molecular formula is C33H42O5. The molecule has 0 unspecified atom stereocenters. The molecule has 4 rings (SSSR count). The van der Waals surface area contributed by atoms with E-state index in [1.807, 2.05) is 59.8 Å². The van der Waals surface area contributed by atoms with E-state index in [9.17, 15) is 19.8 Å². The molecule has 0 spiro atoms. The van der Waals surface area contributed by atoms with Gasteiger partial charge in [-0.15, -0.1) is 6.58 Å². The van der Waals surface area contributed by atoms with E-state index in [0.29, 0.717) is 12.0 Å². The topological polar surface area (TPSA) is 83.8 Å². The highest BCUT2D eigenvalue weighted by Gasteiger charge is 2.82. The summed E-state index contributed by atoms with van der Waals surface area (Å²) in [5.41, 5.74) is -0.378. The third-order valence-electron chi connectivity index (χ3n) is 9.03. The summed E-state index contributed by atoms with van der Waals surface area (Å²) < 4.78 is 6.65. The molecule has 0 aromatic heterocycles. The molecule has 2 N–H and O–H groups in total. The molecule has 38 heavy (non-hydrogen) atoms. The zero-order valence-corrected chi connectivity index (χ0v) is 23.7. The zero-order valence-electron chi connectivity index (χ0n) is 23.7. The predicted octanol–water partition coefficient (Wildman–Crippen LogP) is 7.04. The number of benzene rings is 1. The Morgan fingerprint density at radius 1 is 1.00 bits per heavy atom. The van der Waals surface area contributed by atoms with Gasteiger partial charge in [0.2, 0.25) is 0 Å². The molecule has 5 nitrogen and oxygen atoms in total. The van der Waals surface area contributed by atoms with Gasteiger partial charge in [-0.1, -0.05) is 59.2 Å². The third-order valence-corrected chi connectivity index (χ3v) is 9.03. The summed E-state index contributed by atoms with van der Waals surface area (Å²) in [5.74, 6) is -3.45. The van der Waals surface area contributed by atoms with Crippen molar-refractivity contribution in [3.63, 3.8) is 0 Å². The Morgan fingerprint density at radius 3 is 2.11 bits per heavy atom. The highest BCUT2D eigenvalue weighted by Crippen LogP contribution is 2.72. The lowest BCUT2D eigenvalue weighted by Crippen LogP contribution is -2.70. The van der Waals surface area contributed by atoms with Crippen molar-refractivity contribution in [2.45, 2.75) is 91.5 Å². The van der Waals surface area contributed by atoms with E-state index in [-0.39, 0.29) is 36.5 Å². The number of rotatable bonds is 8. The number of fused-ring (bicyclic) bond motifs is 1. The van der Waals surface area contributed by atoms with Gasteiger partial charge in [-0.25, -0.2) is 0 Å². The Morgan fingerprint density at radius 2 is 1.55 bits per heavy atom. The Hall–Kier alpha value is -2.76. The maximum absolute atomic E-state index is 14.6. The van der Waals surface area contributed by atoms with Crippen molar-refractivity contribution in [2.24, 2.45) is 16.7 Å². The van der Waals surface area contributed by atoms with Crippen LogP contribution in [0.2, 0.25) is 0 Å². The van der Waals surface area contributed by atoms with Crippen molar-refractivity contribution in [3.8, 4) is 0 Å². The lowest BCUT2D eigenvalue weighted by atomic mass is 9.51. The fourth-order valence-electron chi connectivity index (χ4n) is 6.97. The molecule has 1 aromatic rings. The Balaban J connectivity index is 2.04. The second kappa shape index (κ2) is 9.77. The number of hydrogen-bond acceptors (Lipinski definition) is 5. The van der Waals surface area contributed by atoms with Gasteiger partial charge in [0.1, 0.15) is 11.3 Å². The molecule has 2 saturated heterocycles. The van der Waals surface area contributed by atoms with Crippen LogP contribution in [-0.2, 0) is 14.3 Å². The lowest BCUT2D eigenvalue weighted by molar-refractivity contribution is -0.339. The SMILES string of the molecule is C=C(C)CC[C@@H]1C[C@]2(CC=C(C)C)C(=O)/C(=C(\O)c3ccccc3)C(=O)[C@]3(CC=C(C)C)C[C@@]1(C)O[C@@]32O. The van der Waals surface area contributed by atoms with E-state index in [2.05, 4.69) is 6.58 Å². The third kappa shape index (κ3) is 4.15. The van der Waals surface area contributed by atoms with Gasteiger partial charge >= 0.3 is 0 Å². The van der Waals surface area contributed by atoms with Crippen molar-refractivity contribution < 1.29 is 24.5 Å². The van der Waals surface area contributed by atoms with Crippen molar-refractivity contribution in [3.05, 3.63) is 76.9 Å². The predicted molar refractivity (Wildman–Crippen MR) is 150 cm³/mol. The van der Waals surface area contributed by atoms with Gasteiger partial charge in [0.15, 0.2) is 17.4 Å². The molecule has 204 valence electrons. The van der Waals surface area contributed by atoms with Crippen LogP contribution in [0.5, 0.6) is 0 Å². The van der Waals surface area contributed by atoms with Crippen LogP contribution in [-0.4, -0.2) is 33.2 Å². The largest absolute Gasteiger partial charge is 0.506 e. The van der Waals surface area contributed by atoms with E-state index < -0.39 is 33.8 Å². The molecule has 5 atom stereocenters. The van der Waals surface area contributed by atoms with Crippen LogP contribution in [0.1, 0.15) is 85.6 Å². The monoisotopic (exact) mass is 518 g/mol. The molecule has 2 bridgehead atoms. The Labute approximate surface area is 227 Å². The standard InChI is InChI=1S/C33H42O5/c1-21(2)13-14-25-19-31(17-15-22(3)4)28(35)26(27(34)24-11-9-8-10-12-24)29(36)32(18-16-23(5)6)20-30(25,7)38-33(31,32)37/h8-12,15-16,25,34,37H,1,13-14,17-20H2,2-7H3/b27-26+/t25-,30-,31-,32+,33-/m1/s1. The second-order valence-corrected chi connectivity index (χ2v) is 12.5. The summed E-state index contributed by atoms with van der Waals surface area (Å²) in [6.07, 6.45) is 6.49. The zero-order chi connectivity index (χ0) is 28.1. The minimum absolute atomic E-state index is 0.0754. The Kier molecular flexibility index (Phi) is 7.26. The molecule has 2 heterocycles. The van der Waals surface area contributed by atoms with Gasteiger partial charge in [-0.3, -0.25) is 9.59 Å². The van der Waals surface area contributed by atoms with Crippen LogP contribution < -0.4 is 0 Å². The number of carbonyl (C=O) groups is 2. The van der Waals surface area contributed by atoms with Crippen LogP contribution in [0.3, 0.4) is 0 Å². The molecule has 2 aliphatic heterocycles. The van der Waals surface area contributed by atoms with Crippen LogP contribution in [0.4, 0.5) is 0 Å². The van der Waals surface area contributed by atoms with Crippen molar-refractivity contribution in [2.75, 3.05) is 0 Å². The quantitative estimate of drug-likeness (QED) is 0.167. The highest BCUT2D eigenvalue weighted by atomic mass is 16.7. The molecule has 5 heteroatoms. The molecule has 1 aliphatic carbocycles. The first-order valence-electron chi connectivity index (χ1n) is 13.6. The van der Waals surface area contributed by atoms with E-state index in [1.54, 1.807) is 24.3 Å². The van der Waals surface area contributed by atoms with Gasteiger partial charge in [0.05, 0.1) is 16.4 Å². The van der Waals surface area contributed by atoms with E-state index in [4.69, 9.17) is 4.74 Å². The van der Waals surface area contributed by atoms with Gasteiger partial charge in [0.25, 0.3) is 0 Å². The van der Waals surface area contributed by atoms with Gasteiger partial charge in [0, 0.05) is 5.56 Å². The van der Waals surface area contributed by atoms with Crippen LogP contribution in [0.15, 0.2) is 71.4 Å². The lowest BCUT2D eigenvalue weighted by Gasteiger charge is -2.58. The van der Waals surface area contributed by atoms with Crippen LogP contribution >= 0.6 is 0 Å². The smallest absolute Gasteiger partial charge is 0.193 e. The van der Waals surface area contributed by atoms with Gasteiger partial charge in [-0.05, 0) is 86.0 Å². The van der Waals surface area contributed by atoms with Crippen molar-refractivity contribution in [1.29, 1.82) is 0 Å². The molecule has 1 saturated carbocycles. The van der Waals surface area contributed by atoms with E-state index in [1.165, 1.54) is 0 Å². The number of allylic oxidation sites excluding steroid dienone is 6. The number of ketones is 2. The number of hydrogen-bond donors (Lipinski definition) is 2. The fourth-order valence-corrected chi connectivity index (χ4v) is 6.97. The molecule has 0 amide bonds. The summed E-state index contributed by atoms with van der Waals surface area (Å²) in [6.45, 7) is 15.8.